The normalized spacial score (nSPS) is 23.2. The van der Waals surface area contributed by atoms with Crippen molar-refractivity contribution in [3.63, 3.8) is 0 Å². The van der Waals surface area contributed by atoms with Gasteiger partial charge in [0.15, 0.2) is 5.75 Å². The van der Waals surface area contributed by atoms with Crippen LogP contribution in [0.25, 0.3) is 0 Å². The molecule has 23 heavy (non-hydrogen) atoms. The van der Waals surface area contributed by atoms with E-state index in [4.69, 9.17) is 10.7 Å². The number of aliphatic hydroxyl groups excluding tert-OH is 1. The standard InChI is InChI=1S/C18H18N2O3/c19-23-18-10-5-14(12-1-6-15(20-22)7-2-12)11-17(18)13-3-8-16(21)9-4-13/h1,3,5-13,21H,2,4,19H2. The number of aliphatic hydroxyl groups is 1. The lowest BCUT2D eigenvalue weighted by molar-refractivity contribution is 0.329. The zero-order chi connectivity index (χ0) is 16.2. The van der Waals surface area contributed by atoms with Crippen molar-refractivity contribution in [3.8, 4) is 5.75 Å². The van der Waals surface area contributed by atoms with Crippen molar-refractivity contribution >= 4 is 0 Å². The lowest BCUT2D eigenvalue weighted by atomic mass is 9.86. The first kappa shape index (κ1) is 15.2. The monoisotopic (exact) mass is 310 g/mol. The second-order valence-electron chi connectivity index (χ2n) is 5.67. The summed E-state index contributed by atoms with van der Waals surface area (Å²) < 4.78 is 0. The Morgan fingerprint density at radius 2 is 1.91 bits per heavy atom. The molecule has 5 nitrogen and oxygen atoms in total. The molecule has 3 N–H and O–H groups in total. The van der Waals surface area contributed by atoms with Crippen molar-refractivity contribution in [2.24, 2.45) is 11.1 Å². The fourth-order valence-electron chi connectivity index (χ4n) is 2.96. The van der Waals surface area contributed by atoms with Gasteiger partial charge >= 0.3 is 0 Å². The summed E-state index contributed by atoms with van der Waals surface area (Å²) in [5.74, 6) is 6.61. The molecule has 0 bridgehead atoms. The summed E-state index contributed by atoms with van der Waals surface area (Å²) in [7, 11) is 0. The van der Waals surface area contributed by atoms with Gasteiger partial charge in [0.2, 0.25) is 0 Å². The Morgan fingerprint density at radius 1 is 1.13 bits per heavy atom. The highest BCUT2D eigenvalue weighted by Gasteiger charge is 2.19. The first-order valence-corrected chi connectivity index (χ1v) is 7.51. The first-order chi connectivity index (χ1) is 11.2. The Balaban J connectivity index is 1.88. The van der Waals surface area contributed by atoms with E-state index < -0.39 is 0 Å². The molecule has 1 aromatic rings. The maximum atomic E-state index is 10.5. The van der Waals surface area contributed by atoms with Crippen molar-refractivity contribution in [1.29, 1.82) is 0 Å². The molecule has 1 aromatic carbocycles. The fourth-order valence-corrected chi connectivity index (χ4v) is 2.96. The molecular weight excluding hydrogens is 292 g/mol. The number of rotatable bonds is 4. The molecule has 118 valence electrons. The molecule has 0 amide bonds. The Kier molecular flexibility index (Phi) is 4.39. The second kappa shape index (κ2) is 6.62. The Hall–Kier alpha value is -2.66. The van der Waals surface area contributed by atoms with Crippen LogP contribution in [0.3, 0.4) is 0 Å². The van der Waals surface area contributed by atoms with Gasteiger partial charge in [0.1, 0.15) is 11.5 Å². The van der Waals surface area contributed by atoms with Crippen LogP contribution in [0.15, 0.2) is 71.3 Å². The molecular formula is C18H18N2O3. The average molecular weight is 310 g/mol. The molecule has 0 aliphatic heterocycles. The number of nitrogens with two attached hydrogens (primary N) is 1. The van der Waals surface area contributed by atoms with Gasteiger partial charge in [0.25, 0.3) is 0 Å². The van der Waals surface area contributed by atoms with Gasteiger partial charge in [-0.15, -0.1) is 4.91 Å². The predicted molar refractivity (Wildman–Crippen MR) is 88.8 cm³/mol. The second-order valence-corrected chi connectivity index (χ2v) is 5.67. The lowest BCUT2D eigenvalue weighted by Crippen LogP contribution is -2.09. The molecule has 2 aliphatic carbocycles. The van der Waals surface area contributed by atoms with E-state index in [0.29, 0.717) is 17.9 Å². The number of allylic oxidation sites excluding steroid dienone is 6. The van der Waals surface area contributed by atoms with E-state index >= 15 is 0 Å². The van der Waals surface area contributed by atoms with Gasteiger partial charge in [-0.2, -0.15) is 5.90 Å². The summed E-state index contributed by atoms with van der Waals surface area (Å²) in [5, 5.41) is 12.4. The van der Waals surface area contributed by atoms with Gasteiger partial charge in [-0.1, -0.05) is 30.4 Å². The highest BCUT2D eigenvalue weighted by molar-refractivity contribution is 5.45. The largest absolute Gasteiger partial charge is 0.508 e. The topological polar surface area (TPSA) is 84.9 Å². The lowest BCUT2D eigenvalue weighted by Gasteiger charge is -2.21. The molecule has 5 heteroatoms. The zero-order valence-electron chi connectivity index (χ0n) is 12.6. The molecule has 3 rings (SSSR count). The van der Waals surface area contributed by atoms with Gasteiger partial charge in [-0.05, 0) is 47.9 Å². The molecule has 0 saturated heterocycles. The third-order valence-electron chi connectivity index (χ3n) is 4.25. The van der Waals surface area contributed by atoms with Crippen LogP contribution in [0.2, 0.25) is 0 Å². The number of hydrogen-bond acceptors (Lipinski definition) is 5. The van der Waals surface area contributed by atoms with Crippen LogP contribution in [0.5, 0.6) is 5.75 Å². The van der Waals surface area contributed by atoms with Crippen molar-refractivity contribution in [1.82, 2.24) is 0 Å². The number of nitrogens with zero attached hydrogens (tertiary/aromatic N) is 1. The summed E-state index contributed by atoms with van der Waals surface area (Å²) >= 11 is 0. The summed E-state index contributed by atoms with van der Waals surface area (Å²) in [6.07, 6.45) is 12.4. The van der Waals surface area contributed by atoms with E-state index in [1.807, 2.05) is 30.4 Å². The van der Waals surface area contributed by atoms with Crippen LogP contribution in [0, 0.1) is 4.91 Å². The maximum Gasteiger partial charge on any atom is 0.150 e. The quantitative estimate of drug-likeness (QED) is 0.647. The van der Waals surface area contributed by atoms with E-state index in [0.717, 1.165) is 17.5 Å². The third-order valence-corrected chi connectivity index (χ3v) is 4.25. The number of nitroso groups, excluding NO2 is 1. The molecule has 0 aromatic heterocycles. The van der Waals surface area contributed by atoms with Crippen molar-refractivity contribution < 1.29 is 9.94 Å². The van der Waals surface area contributed by atoms with Gasteiger partial charge in [-0.3, -0.25) is 0 Å². The molecule has 0 fully saturated rings. The van der Waals surface area contributed by atoms with E-state index in [-0.39, 0.29) is 17.6 Å². The van der Waals surface area contributed by atoms with E-state index in [2.05, 4.69) is 11.2 Å². The van der Waals surface area contributed by atoms with Crippen molar-refractivity contribution in [2.45, 2.75) is 24.7 Å². The minimum absolute atomic E-state index is 0.111. The van der Waals surface area contributed by atoms with Crippen LogP contribution < -0.4 is 10.7 Å². The summed E-state index contributed by atoms with van der Waals surface area (Å²) in [6.45, 7) is 0. The van der Waals surface area contributed by atoms with E-state index in [1.165, 1.54) is 0 Å². The highest BCUT2D eigenvalue weighted by Crippen LogP contribution is 2.36. The first-order valence-electron chi connectivity index (χ1n) is 7.51. The van der Waals surface area contributed by atoms with Crippen LogP contribution in [0.1, 0.15) is 35.8 Å². The zero-order valence-corrected chi connectivity index (χ0v) is 12.6. The molecule has 0 heterocycles. The van der Waals surface area contributed by atoms with E-state index in [1.54, 1.807) is 18.2 Å². The molecule has 0 spiro atoms. The number of hydrogen-bond donors (Lipinski definition) is 2. The van der Waals surface area contributed by atoms with Crippen molar-refractivity contribution in [3.05, 3.63) is 82.1 Å². The molecule has 2 unspecified atom stereocenters. The molecule has 2 atom stereocenters. The van der Waals surface area contributed by atoms with Crippen LogP contribution in [-0.4, -0.2) is 5.11 Å². The Morgan fingerprint density at radius 3 is 2.52 bits per heavy atom. The van der Waals surface area contributed by atoms with Crippen LogP contribution in [-0.2, 0) is 0 Å². The minimum Gasteiger partial charge on any atom is -0.508 e. The van der Waals surface area contributed by atoms with Gasteiger partial charge in [-0.25, -0.2) is 0 Å². The average Bonchev–Trinajstić information content (AvgIpc) is 2.62. The fraction of sp³-hybridized carbons (Fsp3) is 0.222. The minimum atomic E-state index is 0.111. The van der Waals surface area contributed by atoms with Crippen molar-refractivity contribution in [2.75, 3.05) is 0 Å². The summed E-state index contributed by atoms with van der Waals surface area (Å²) in [5.41, 5.74) is 2.59. The predicted octanol–water partition coefficient (Wildman–Crippen LogP) is 4.12. The third kappa shape index (κ3) is 3.24. The van der Waals surface area contributed by atoms with Gasteiger partial charge in [0, 0.05) is 17.4 Å². The molecule has 2 aliphatic rings. The smallest absolute Gasteiger partial charge is 0.150 e. The van der Waals surface area contributed by atoms with Gasteiger partial charge < -0.3 is 9.94 Å². The highest BCUT2D eigenvalue weighted by atomic mass is 16.6. The number of benzene rings is 1. The van der Waals surface area contributed by atoms with E-state index in [9.17, 15) is 10.0 Å². The van der Waals surface area contributed by atoms with Gasteiger partial charge in [0.05, 0.1) is 0 Å². The Bertz CT molecular complexity index is 732. The van der Waals surface area contributed by atoms with Crippen LogP contribution in [0.4, 0.5) is 0 Å². The molecule has 0 saturated carbocycles. The summed E-state index contributed by atoms with van der Waals surface area (Å²) in [6, 6.07) is 5.92. The SMILES string of the molecule is NOc1ccc(C2C=CC(N=O)=CC2)cc1C1C=CC(O)=CC1. The van der Waals surface area contributed by atoms with Crippen LogP contribution >= 0.6 is 0 Å². The molecule has 0 radical (unpaired) electrons. The Labute approximate surface area is 134 Å². The maximum absolute atomic E-state index is 10.5. The summed E-state index contributed by atoms with van der Waals surface area (Å²) in [4.78, 5) is 15.5.